The molecule has 3 aromatic heterocycles. The van der Waals surface area contributed by atoms with Gasteiger partial charge in [0.2, 0.25) is 5.91 Å². The van der Waals surface area contributed by atoms with Gasteiger partial charge in [-0.25, -0.2) is 9.97 Å². The van der Waals surface area contributed by atoms with Gasteiger partial charge in [0.15, 0.2) is 0 Å². The van der Waals surface area contributed by atoms with Gasteiger partial charge in [-0.3, -0.25) is 9.78 Å². The van der Waals surface area contributed by atoms with Crippen molar-refractivity contribution >= 4 is 33.3 Å². The molecular formula is C19H21N5OS. The molecule has 134 valence electrons. The number of thiophene rings is 1. The number of carbonyl (C=O) groups is 1. The van der Waals surface area contributed by atoms with Crippen LogP contribution < -0.4 is 10.2 Å². The van der Waals surface area contributed by atoms with Crippen molar-refractivity contribution in [2.24, 2.45) is 5.92 Å². The zero-order valence-corrected chi connectivity index (χ0v) is 15.3. The minimum Gasteiger partial charge on any atom is -0.356 e. The van der Waals surface area contributed by atoms with Gasteiger partial charge >= 0.3 is 0 Å². The highest BCUT2D eigenvalue weighted by Crippen LogP contribution is 2.30. The van der Waals surface area contributed by atoms with Crippen molar-refractivity contribution in [1.29, 1.82) is 0 Å². The van der Waals surface area contributed by atoms with E-state index in [0.717, 1.165) is 54.1 Å². The van der Waals surface area contributed by atoms with E-state index in [9.17, 15) is 4.79 Å². The second-order valence-corrected chi connectivity index (χ2v) is 7.52. The van der Waals surface area contributed by atoms with Crippen molar-refractivity contribution in [3.63, 3.8) is 0 Å². The Balaban J connectivity index is 1.27. The first-order valence-electron chi connectivity index (χ1n) is 8.88. The molecule has 0 radical (unpaired) electrons. The minimum absolute atomic E-state index is 0.0662. The molecule has 0 atom stereocenters. The monoisotopic (exact) mass is 367 g/mol. The van der Waals surface area contributed by atoms with E-state index in [2.05, 4.69) is 30.5 Å². The van der Waals surface area contributed by atoms with Crippen LogP contribution in [0.25, 0.3) is 10.2 Å². The average molecular weight is 367 g/mol. The quantitative estimate of drug-likeness (QED) is 0.751. The summed E-state index contributed by atoms with van der Waals surface area (Å²) >= 11 is 1.69. The van der Waals surface area contributed by atoms with Crippen LogP contribution in [0.15, 0.2) is 42.3 Å². The Kier molecular flexibility index (Phi) is 5.06. The van der Waals surface area contributed by atoms with Crippen molar-refractivity contribution in [3.8, 4) is 0 Å². The van der Waals surface area contributed by atoms with Gasteiger partial charge in [-0.2, -0.15) is 0 Å². The molecule has 0 spiro atoms. The average Bonchev–Trinajstić information content (AvgIpc) is 3.16. The lowest BCUT2D eigenvalue weighted by Gasteiger charge is -2.33. The number of hydrogen-bond donors (Lipinski definition) is 1. The van der Waals surface area contributed by atoms with Crippen LogP contribution in [0.5, 0.6) is 0 Å². The van der Waals surface area contributed by atoms with Gasteiger partial charge in [0, 0.05) is 32.0 Å². The highest BCUT2D eigenvalue weighted by atomic mass is 32.1. The SMILES string of the molecule is O=C(Cc1cccnc1)NCC1CCN(c2ncnc3ccsc23)CC1. The second kappa shape index (κ2) is 7.78. The van der Waals surface area contributed by atoms with Crippen molar-refractivity contribution in [2.75, 3.05) is 24.5 Å². The number of fused-ring (bicyclic) bond motifs is 1. The molecule has 1 amide bonds. The number of rotatable bonds is 5. The largest absolute Gasteiger partial charge is 0.356 e. The fraction of sp³-hybridized carbons (Fsp3) is 0.368. The first-order chi connectivity index (χ1) is 12.8. The van der Waals surface area contributed by atoms with Crippen molar-refractivity contribution in [1.82, 2.24) is 20.3 Å². The Labute approximate surface area is 156 Å². The molecule has 6 nitrogen and oxygen atoms in total. The summed E-state index contributed by atoms with van der Waals surface area (Å²) in [5.74, 6) is 1.63. The lowest BCUT2D eigenvalue weighted by atomic mass is 9.96. The van der Waals surface area contributed by atoms with Crippen LogP contribution in [-0.4, -0.2) is 40.5 Å². The third kappa shape index (κ3) is 3.83. The van der Waals surface area contributed by atoms with Crippen LogP contribution in [-0.2, 0) is 11.2 Å². The first kappa shape index (κ1) is 16.9. The molecule has 0 aromatic carbocycles. The molecular weight excluding hydrogens is 346 g/mol. The summed E-state index contributed by atoms with van der Waals surface area (Å²) in [5.41, 5.74) is 1.97. The van der Waals surface area contributed by atoms with E-state index in [1.165, 1.54) is 0 Å². The number of nitrogens with zero attached hydrogens (tertiary/aromatic N) is 4. The number of amides is 1. The lowest BCUT2D eigenvalue weighted by molar-refractivity contribution is -0.120. The molecule has 1 aliphatic heterocycles. The molecule has 1 fully saturated rings. The van der Waals surface area contributed by atoms with Gasteiger partial charge in [0.1, 0.15) is 12.1 Å². The van der Waals surface area contributed by atoms with Crippen LogP contribution >= 0.6 is 11.3 Å². The van der Waals surface area contributed by atoms with Gasteiger partial charge in [-0.15, -0.1) is 11.3 Å². The highest BCUT2D eigenvalue weighted by Gasteiger charge is 2.22. The lowest BCUT2D eigenvalue weighted by Crippen LogP contribution is -2.39. The standard InChI is InChI=1S/C19H21N5OS/c25-17(10-15-2-1-6-20-11-15)21-12-14-3-7-24(8-4-14)19-18-16(5-9-26-18)22-13-23-19/h1-2,5-6,9,11,13-14H,3-4,7-8,10,12H2,(H,21,25). The van der Waals surface area contributed by atoms with Gasteiger partial charge in [-0.1, -0.05) is 6.07 Å². The number of aromatic nitrogens is 3. The summed E-state index contributed by atoms with van der Waals surface area (Å²) < 4.78 is 1.16. The number of hydrogen-bond acceptors (Lipinski definition) is 6. The van der Waals surface area contributed by atoms with E-state index in [0.29, 0.717) is 12.3 Å². The smallest absolute Gasteiger partial charge is 0.224 e. The number of piperidine rings is 1. The first-order valence-corrected chi connectivity index (χ1v) is 9.76. The maximum absolute atomic E-state index is 12.1. The molecule has 1 N–H and O–H groups in total. The Morgan fingerprint density at radius 2 is 2.15 bits per heavy atom. The van der Waals surface area contributed by atoms with E-state index >= 15 is 0 Å². The second-order valence-electron chi connectivity index (χ2n) is 6.60. The summed E-state index contributed by atoms with van der Waals surface area (Å²) in [6.07, 6.45) is 7.62. The number of pyridine rings is 1. The Hall–Kier alpha value is -2.54. The molecule has 4 rings (SSSR count). The van der Waals surface area contributed by atoms with Crippen molar-refractivity contribution in [2.45, 2.75) is 19.3 Å². The molecule has 3 aromatic rings. The number of anilines is 1. The third-order valence-corrected chi connectivity index (χ3v) is 5.71. The molecule has 1 aliphatic rings. The van der Waals surface area contributed by atoms with Crippen LogP contribution in [0, 0.1) is 5.92 Å². The third-order valence-electron chi connectivity index (χ3n) is 4.81. The van der Waals surface area contributed by atoms with Crippen molar-refractivity contribution in [3.05, 3.63) is 47.9 Å². The van der Waals surface area contributed by atoms with E-state index in [1.807, 2.05) is 18.2 Å². The van der Waals surface area contributed by atoms with E-state index in [1.54, 1.807) is 30.1 Å². The van der Waals surface area contributed by atoms with Crippen LogP contribution in [0.4, 0.5) is 5.82 Å². The molecule has 1 saturated heterocycles. The highest BCUT2D eigenvalue weighted by molar-refractivity contribution is 7.17. The summed E-state index contributed by atoms with van der Waals surface area (Å²) in [4.78, 5) is 27.3. The molecule has 4 heterocycles. The Morgan fingerprint density at radius 3 is 2.96 bits per heavy atom. The molecule has 0 bridgehead atoms. The zero-order valence-electron chi connectivity index (χ0n) is 14.5. The molecule has 7 heteroatoms. The summed E-state index contributed by atoms with van der Waals surface area (Å²) in [5, 5.41) is 5.14. The number of carbonyl (C=O) groups excluding carboxylic acids is 1. The van der Waals surface area contributed by atoms with E-state index < -0.39 is 0 Å². The Morgan fingerprint density at radius 1 is 1.27 bits per heavy atom. The van der Waals surface area contributed by atoms with Gasteiger partial charge in [0.25, 0.3) is 0 Å². The van der Waals surface area contributed by atoms with Crippen LogP contribution in [0.3, 0.4) is 0 Å². The van der Waals surface area contributed by atoms with Crippen LogP contribution in [0.1, 0.15) is 18.4 Å². The molecule has 0 saturated carbocycles. The minimum atomic E-state index is 0.0662. The van der Waals surface area contributed by atoms with Gasteiger partial charge < -0.3 is 10.2 Å². The fourth-order valence-corrected chi connectivity index (χ4v) is 4.22. The normalized spacial score (nSPS) is 15.3. The van der Waals surface area contributed by atoms with Crippen LogP contribution in [0.2, 0.25) is 0 Å². The maximum atomic E-state index is 12.1. The topological polar surface area (TPSA) is 71.0 Å². The van der Waals surface area contributed by atoms with E-state index in [4.69, 9.17) is 0 Å². The Bertz CT molecular complexity index is 874. The maximum Gasteiger partial charge on any atom is 0.224 e. The summed E-state index contributed by atoms with van der Waals surface area (Å²) in [6.45, 7) is 2.67. The van der Waals surface area contributed by atoms with E-state index in [-0.39, 0.29) is 5.91 Å². The summed E-state index contributed by atoms with van der Waals surface area (Å²) in [7, 11) is 0. The zero-order chi connectivity index (χ0) is 17.8. The summed E-state index contributed by atoms with van der Waals surface area (Å²) in [6, 6.07) is 5.82. The molecule has 26 heavy (non-hydrogen) atoms. The predicted molar refractivity (Wildman–Crippen MR) is 103 cm³/mol. The van der Waals surface area contributed by atoms with Gasteiger partial charge in [-0.05, 0) is 41.8 Å². The van der Waals surface area contributed by atoms with Gasteiger partial charge in [0.05, 0.1) is 16.6 Å². The molecule has 0 aliphatic carbocycles. The predicted octanol–water partition coefficient (Wildman–Crippen LogP) is 2.66. The van der Waals surface area contributed by atoms with Crippen molar-refractivity contribution < 1.29 is 4.79 Å². The number of nitrogens with one attached hydrogen (secondary N) is 1. The molecule has 0 unspecified atom stereocenters. The fourth-order valence-electron chi connectivity index (χ4n) is 3.36.